The molecule has 0 aliphatic rings. The van der Waals surface area contributed by atoms with Crippen molar-refractivity contribution in [2.45, 2.75) is 20.3 Å². The van der Waals surface area contributed by atoms with Crippen molar-refractivity contribution in [3.05, 3.63) is 18.1 Å². The van der Waals surface area contributed by atoms with Gasteiger partial charge in [-0.1, -0.05) is 13.8 Å². The van der Waals surface area contributed by atoms with Gasteiger partial charge < -0.3 is 4.90 Å². The Hall–Kier alpha value is -1.12. The van der Waals surface area contributed by atoms with Gasteiger partial charge in [0.1, 0.15) is 5.82 Å². The van der Waals surface area contributed by atoms with Crippen LogP contribution in [0.3, 0.4) is 0 Å². The fraction of sp³-hybridized carbons (Fsp3) is 0.600. The van der Waals surface area contributed by atoms with E-state index in [4.69, 9.17) is 0 Å². The third-order valence-corrected chi connectivity index (χ3v) is 1.75. The minimum Gasteiger partial charge on any atom is -0.361 e. The summed E-state index contributed by atoms with van der Waals surface area (Å²) in [6.07, 6.45) is 4.62. The van der Waals surface area contributed by atoms with E-state index in [1.54, 1.807) is 6.20 Å². The molecule has 0 saturated heterocycles. The molecule has 0 saturated carbocycles. The van der Waals surface area contributed by atoms with Crippen molar-refractivity contribution in [3.63, 3.8) is 0 Å². The maximum atomic E-state index is 4.48. The Morgan fingerprint density at radius 1 is 1.31 bits per heavy atom. The molecule has 0 bridgehead atoms. The molecule has 0 fully saturated rings. The Labute approximate surface area is 79.8 Å². The van der Waals surface area contributed by atoms with Gasteiger partial charge in [0, 0.05) is 20.3 Å². The van der Waals surface area contributed by atoms with Gasteiger partial charge in [-0.2, -0.15) is 0 Å². The molecule has 3 heteroatoms. The monoisotopic (exact) mass is 179 g/mol. The lowest BCUT2D eigenvalue weighted by Gasteiger charge is -2.12. The van der Waals surface area contributed by atoms with Crippen LogP contribution in [0.15, 0.2) is 12.4 Å². The molecular weight excluding hydrogens is 162 g/mol. The van der Waals surface area contributed by atoms with Crippen molar-refractivity contribution in [3.8, 4) is 0 Å². The summed E-state index contributed by atoms with van der Waals surface area (Å²) in [5.74, 6) is 1.56. The minimum absolute atomic E-state index is 0.631. The van der Waals surface area contributed by atoms with Gasteiger partial charge in [0.2, 0.25) is 0 Å². The zero-order chi connectivity index (χ0) is 9.84. The average Bonchev–Trinajstić information content (AvgIpc) is 2.03. The fourth-order valence-corrected chi connectivity index (χ4v) is 1.13. The molecule has 1 aromatic heterocycles. The predicted octanol–water partition coefficient (Wildman–Crippen LogP) is 1.74. The van der Waals surface area contributed by atoms with Gasteiger partial charge in [-0.3, -0.25) is 4.98 Å². The summed E-state index contributed by atoms with van der Waals surface area (Å²) in [5, 5.41) is 0. The summed E-state index contributed by atoms with van der Waals surface area (Å²) in [4.78, 5) is 10.6. The first-order chi connectivity index (χ1) is 6.09. The molecule has 1 rings (SSSR count). The first-order valence-electron chi connectivity index (χ1n) is 4.58. The van der Waals surface area contributed by atoms with Crippen LogP contribution >= 0.6 is 0 Å². The van der Waals surface area contributed by atoms with Crippen LogP contribution in [-0.2, 0) is 6.42 Å². The quantitative estimate of drug-likeness (QED) is 0.707. The van der Waals surface area contributed by atoms with Crippen molar-refractivity contribution in [2.75, 3.05) is 19.0 Å². The van der Waals surface area contributed by atoms with Gasteiger partial charge in [0.25, 0.3) is 0 Å². The molecule has 1 heterocycles. The van der Waals surface area contributed by atoms with Crippen molar-refractivity contribution in [1.82, 2.24) is 9.97 Å². The standard InChI is InChI=1S/C10H17N3/c1-8(2)5-9-6-11-7-10(12-9)13(3)4/h6-8H,5H2,1-4H3. The maximum Gasteiger partial charge on any atom is 0.146 e. The van der Waals surface area contributed by atoms with Crippen molar-refractivity contribution >= 4 is 5.82 Å². The molecule has 0 unspecified atom stereocenters. The molecule has 0 atom stereocenters. The molecule has 0 spiro atoms. The number of nitrogens with zero attached hydrogens (tertiary/aromatic N) is 3. The summed E-state index contributed by atoms with van der Waals surface area (Å²) in [7, 11) is 3.95. The van der Waals surface area contributed by atoms with Crippen molar-refractivity contribution in [2.24, 2.45) is 5.92 Å². The first-order valence-corrected chi connectivity index (χ1v) is 4.58. The molecule has 0 radical (unpaired) electrons. The van der Waals surface area contributed by atoms with E-state index >= 15 is 0 Å². The molecule has 0 amide bonds. The highest BCUT2D eigenvalue weighted by Gasteiger charge is 2.02. The lowest BCUT2D eigenvalue weighted by molar-refractivity contribution is 0.633. The molecule has 0 aliphatic heterocycles. The summed E-state index contributed by atoms with van der Waals surface area (Å²) in [6, 6.07) is 0. The normalized spacial score (nSPS) is 10.5. The molecule has 3 nitrogen and oxygen atoms in total. The van der Waals surface area contributed by atoms with Gasteiger partial charge in [0.05, 0.1) is 11.9 Å². The van der Waals surface area contributed by atoms with Crippen LogP contribution in [0, 0.1) is 5.92 Å². The Morgan fingerprint density at radius 3 is 2.54 bits per heavy atom. The molecule has 13 heavy (non-hydrogen) atoms. The molecule has 1 aromatic rings. The highest BCUT2D eigenvalue weighted by Crippen LogP contribution is 2.09. The molecule has 0 aliphatic carbocycles. The van der Waals surface area contributed by atoms with Crippen LogP contribution in [0.25, 0.3) is 0 Å². The van der Waals surface area contributed by atoms with Gasteiger partial charge in [0.15, 0.2) is 0 Å². The molecule has 72 valence electrons. The van der Waals surface area contributed by atoms with E-state index in [1.807, 2.05) is 25.2 Å². The van der Waals surface area contributed by atoms with Gasteiger partial charge in [-0.25, -0.2) is 4.98 Å². The van der Waals surface area contributed by atoms with Crippen molar-refractivity contribution < 1.29 is 0 Å². The van der Waals surface area contributed by atoms with E-state index in [9.17, 15) is 0 Å². The summed E-state index contributed by atoms with van der Waals surface area (Å²) >= 11 is 0. The zero-order valence-electron chi connectivity index (χ0n) is 8.78. The number of hydrogen-bond donors (Lipinski definition) is 0. The van der Waals surface area contributed by atoms with Crippen molar-refractivity contribution in [1.29, 1.82) is 0 Å². The number of rotatable bonds is 3. The predicted molar refractivity (Wildman–Crippen MR) is 54.9 cm³/mol. The second kappa shape index (κ2) is 4.21. The van der Waals surface area contributed by atoms with E-state index in [1.165, 1.54) is 0 Å². The second-order valence-corrected chi connectivity index (χ2v) is 3.86. The van der Waals surface area contributed by atoms with E-state index < -0.39 is 0 Å². The van der Waals surface area contributed by atoms with E-state index in [0.717, 1.165) is 17.9 Å². The largest absolute Gasteiger partial charge is 0.361 e. The Morgan fingerprint density at radius 2 is 2.00 bits per heavy atom. The van der Waals surface area contributed by atoms with Crippen LogP contribution in [0.4, 0.5) is 5.82 Å². The molecule has 0 aromatic carbocycles. The highest BCUT2D eigenvalue weighted by atomic mass is 15.1. The average molecular weight is 179 g/mol. The number of aromatic nitrogens is 2. The van der Waals surface area contributed by atoms with Crippen LogP contribution < -0.4 is 4.90 Å². The molecular formula is C10H17N3. The van der Waals surface area contributed by atoms with Crippen LogP contribution in [0.1, 0.15) is 19.5 Å². The van der Waals surface area contributed by atoms with Gasteiger partial charge in [-0.05, 0) is 12.3 Å². The lowest BCUT2D eigenvalue weighted by atomic mass is 10.1. The number of hydrogen-bond acceptors (Lipinski definition) is 3. The van der Waals surface area contributed by atoms with E-state index in [0.29, 0.717) is 5.92 Å². The summed E-state index contributed by atoms with van der Waals surface area (Å²) < 4.78 is 0. The topological polar surface area (TPSA) is 29.0 Å². The Kier molecular flexibility index (Phi) is 3.23. The summed E-state index contributed by atoms with van der Waals surface area (Å²) in [5.41, 5.74) is 1.07. The fourth-order valence-electron chi connectivity index (χ4n) is 1.13. The Bertz CT molecular complexity index is 269. The number of anilines is 1. The summed E-state index contributed by atoms with van der Waals surface area (Å²) in [6.45, 7) is 4.37. The Balaban J connectivity index is 2.79. The SMILES string of the molecule is CC(C)Cc1cncc(N(C)C)n1. The first kappa shape index (κ1) is 9.96. The van der Waals surface area contributed by atoms with Gasteiger partial charge >= 0.3 is 0 Å². The smallest absolute Gasteiger partial charge is 0.146 e. The van der Waals surface area contributed by atoms with Crippen LogP contribution in [0.2, 0.25) is 0 Å². The third-order valence-electron chi connectivity index (χ3n) is 1.75. The maximum absolute atomic E-state index is 4.48. The zero-order valence-corrected chi connectivity index (χ0v) is 8.78. The van der Waals surface area contributed by atoms with Crippen LogP contribution in [0.5, 0.6) is 0 Å². The highest BCUT2D eigenvalue weighted by molar-refractivity contribution is 5.33. The van der Waals surface area contributed by atoms with Gasteiger partial charge in [-0.15, -0.1) is 0 Å². The van der Waals surface area contributed by atoms with E-state index in [2.05, 4.69) is 23.8 Å². The van der Waals surface area contributed by atoms with Crippen LogP contribution in [-0.4, -0.2) is 24.1 Å². The third kappa shape index (κ3) is 3.01. The second-order valence-electron chi connectivity index (χ2n) is 3.86. The minimum atomic E-state index is 0.631. The molecule has 0 N–H and O–H groups in total. The lowest BCUT2D eigenvalue weighted by Crippen LogP contribution is -2.12. The van der Waals surface area contributed by atoms with E-state index in [-0.39, 0.29) is 0 Å².